The number of carbonyl (C=O) groups excluding carboxylic acids is 2. The lowest BCUT2D eigenvalue weighted by molar-refractivity contribution is -0.125. The lowest BCUT2D eigenvalue weighted by Gasteiger charge is -2.31. The van der Waals surface area contributed by atoms with Crippen molar-refractivity contribution in [3.8, 4) is 0 Å². The number of piperidine rings is 1. The number of amides is 3. The maximum Gasteiger partial charge on any atom is 0.317 e. The normalized spacial score (nSPS) is 18.3. The molecule has 136 valence electrons. The van der Waals surface area contributed by atoms with Crippen molar-refractivity contribution in [3.05, 3.63) is 23.9 Å². The Labute approximate surface area is 148 Å². The van der Waals surface area contributed by atoms with Crippen molar-refractivity contribution in [2.24, 2.45) is 5.92 Å². The second-order valence-electron chi connectivity index (χ2n) is 6.75. The standard InChI is InChI=1S/C18H27N5O2/c1-19-17(24)15-6-10-23(11-7-15)18(25)21-13-14-4-5-16(20-12-14)22-8-2-3-9-22/h4-5,12,15H,2-3,6-11,13H2,1H3,(H,19,24)(H,21,25). The maximum atomic E-state index is 12.3. The summed E-state index contributed by atoms with van der Waals surface area (Å²) in [5.74, 6) is 1.12. The van der Waals surface area contributed by atoms with Crippen LogP contribution in [0.5, 0.6) is 0 Å². The first kappa shape index (κ1) is 17.5. The van der Waals surface area contributed by atoms with E-state index in [4.69, 9.17) is 0 Å². The SMILES string of the molecule is CNC(=O)C1CCN(C(=O)NCc2ccc(N3CCCC3)nc2)CC1. The first-order chi connectivity index (χ1) is 12.2. The fourth-order valence-electron chi connectivity index (χ4n) is 3.49. The Kier molecular flexibility index (Phi) is 5.73. The average molecular weight is 345 g/mol. The van der Waals surface area contributed by atoms with Gasteiger partial charge in [-0.15, -0.1) is 0 Å². The van der Waals surface area contributed by atoms with Gasteiger partial charge in [0, 0.05) is 51.9 Å². The molecule has 0 saturated carbocycles. The number of hydrogen-bond acceptors (Lipinski definition) is 4. The number of carbonyl (C=O) groups is 2. The van der Waals surface area contributed by atoms with Gasteiger partial charge in [-0.3, -0.25) is 4.79 Å². The number of pyridine rings is 1. The molecule has 2 N–H and O–H groups in total. The molecule has 2 saturated heterocycles. The van der Waals surface area contributed by atoms with Crippen molar-refractivity contribution < 1.29 is 9.59 Å². The highest BCUT2D eigenvalue weighted by Gasteiger charge is 2.26. The van der Waals surface area contributed by atoms with Gasteiger partial charge in [0.2, 0.25) is 5.91 Å². The Morgan fingerprint density at radius 1 is 1.16 bits per heavy atom. The van der Waals surface area contributed by atoms with E-state index in [-0.39, 0.29) is 17.9 Å². The van der Waals surface area contributed by atoms with Gasteiger partial charge >= 0.3 is 6.03 Å². The smallest absolute Gasteiger partial charge is 0.317 e. The van der Waals surface area contributed by atoms with E-state index in [1.165, 1.54) is 12.8 Å². The van der Waals surface area contributed by atoms with Crippen LogP contribution in [0.25, 0.3) is 0 Å². The molecule has 0 atom stereocenters. The summed E-state index contributed by atoms with van der Waals surface area (Å²) >= 11 is 0. The van der Waals surface area contributed by atoms with Crippen LogP contribution in [0, 0.1) is 5.92 Å². The molecule has 1 aromatic heterocycles. The van der Waals surface area contributed by atoms with Crippen LogP contribution in [0.1, 0.15) is 31.2 Å². The van der Waals surface area contributed by atoms with Gasteiger partial charge in [0.05, 0.1) is 0 Å². The molecule has 0 aromatic carbocycles. The molecular formula is C18H27N5O2. The third-order valence-corrected chi connectivity index (χ3v) is 5.08. The van der Waals surface area contributed by atoms with E-state index >= 15 is 0 Å². The molecule has 2 fully saturated rings. The predicted octanol–water partition coefficient (Wildman–Crippen LogP) is 1.35. The van der Waals surface area contributed by atoms with Crippen LogP contribution in [0.3, 0.4) is 0 Å². The van der Waals surface area contributed by atoms with Gasteiger partial charge in [-0.1, -0.05) is 6.07 Å². The number of rotatable bonds is 4. The number of nitrogens with one attached hydrogen (secondary N) is 2. The van der Waals surface area contributed by atoms with Gasteiger partial charge in [0.15, 0.2) is 0 Å². The molecule has 0 bridgehead atoms. The monoisotopic (exact) mass is 345 g/mol. The van der Waals surface area contributed by atoms with Crippen molar-refractivity contribution in [3.63, 3.8) is 0 Å². The minimum Gasteiger partial charge on any atom is -0.359 e. The Hall–Kier alpha value is -2.31. The van der Waals surface area contributed by atoms with Crippen molar-refractivity contribution in [2.45, 2.75) is 32.2 Å². The molecule has 0 spiro atoms. The third-order valence-electron chi connectivity index (χ3n) is 5.08. The fraction of sp³-hybridized carbons (Fsp3) is 0.611. The summed E-state index contributed by atoms with van der Waals surface area (Å²) in [5.41, 5.74) is 0.997. The van der Waals surface area contributed by atoms with E-state index in [0.717, 1.165) is 37.3 Å². The summed E-state index contributed by atoms with van der Waals surface area (Å²) < 4.78 is 0. The zero-order valence-electron chi connectivity index (χ0n) is 14.8. The van der Waals surface area contributed by atoms with Crippen LogP contribution >= 0.6 is 0 Å². The highest BCUT2D eigenvalue weighted by Crippen LogP contribution is 2.18. The van der Waals surface area contributed by atoms with Gasteiger partial charge in [-0.05, 0) is 37.3 Å². The molecule has 7 heteroatoms. The van der Waals surface area contributed by atoms with Crippen molar-refractivity contribution >= 4 is 17.8 Å². The van der Waals surface area contributed by atoms with Crippen molar-refractivity contribution in [2.75, 3.05) is 38.1 Å². The second-order valence-corrected chi connectivity index (χ2v) is 6.75. The van der Waals surface area contributed by atoms with E-state index in [2.05, 4.69) is 20.5 Å². The number of aromatic nitrogens is 1. The molecule has 0 radical (unpaired) electrons. The summed E-state index contributed by atoms with van der Waals surface area (Å²) in [6, 6.07) is 3.99. The van der Waals surface area contributed by atoms with Crippen molar-refractivity contribution in [1.82, 2.24) is 20.5 Å². The second kappa shape index (κ2) is 8.18. The Morgan fingerprint density at radius 2 is 1.88 bits per heavy atom. The number of urea groups is 1. The van der Waals surface area contributed by atoms with Crippen LogP contribution in [-0.2, 0) is 11.3 Å². The molecule has 3 amide bonds. The molecule has 2 aliphatic heterocycles. The fourth-order valence-corrected chi connectivity index (χ4v) is 3.49. The van der Waals surface area contributed by atoms with Gasteiger partial charge in [0.25, 0.3) is 0 Å². The lowest BCUT2D eigenvalue weighted by Crippen LogP contribution is -2.46. The number of likely N-dealkylation sites (tertiary alicyclic amines) is 1. The minimum absolute atomic E-state index is 0.0244. The lowest BCUT2D eigenvalue weighted by atomic mass is 9.96. The van der Waals surface area contributed by atoms with Crippen LogP contribution in [0.15, 0.2) is 18.3 Å². The van der Waals surface area contributed by atoms with Gasteiger partial charge in [-0.25, -0.2) is 9.78 Å². The van der Waals surface area contributed by atoms with E-state index in [0.29, 0.717) is 19.6 Å². The zero-order valence-corrected chi connectivity index (χ0v) is 14.8. The molecule has 7 nitrogen and oxygen atoms in total. The Bertz CT molecular complexity index is 590. The zero-order chi connectivity index (χ0) is 17.6. The predicted molar refractivity (Wildman–Crippen MR) is 96.3 cm³/mol. The van der Waals surface area contributed by atoms with Crippen LogP contribution < -0.4 is 15.5 Å². The summed E-state index contributed by atoms with van der Waals surface area (Å²) in [6.45, 7) is 3.87. The quantitative estimate of drug-likeness (QED) is 0.863. The van der Waals surface area contributed by atoms with Gasteiger partial charge < -0.3 is 20.4 Å². The average Bonchev–Trinajstić information content (AvgIpc) is 3.21. The highest BCUT2D eigenvalue weighted by atomic mass is 16.2. The number of anilines is 1. The first-order valence-corrected chi connectivity index (χ1v) is 9.11. The molecule has 1 aromatic rings. The largest absolute Gasteiger partial charge is 0.359 e. The third kappa shape index (κ3) is 4.41. The topological polar surface area (TPSA) is 77.6 Å². The molecule has 3 heterocycles. The summed E-state index contributed by atoms with van der Waals surface area (Å²) in [6.07, 6.45) is 5.75. The molecule has 0 aliphatic carbocycles. The van der Waals surface area contributed by atoms with Crippen LogP contribution in [-0.4, -0.2) is 55.0 Å². The summed E-state index contributed by atoms with van der Waals surface area (Å²) in [7, 11) is 1.66. The van der Waals surface area contributed by atoms with Crippen molar-refractivity contribution in [1.29, 1.82) is 0 Å². The van der Waals surface area contributed by atoms with Gasteiger partial charge in [-0.2, -0.15) is 0 Å². The molecule has 25 heavy (non-hydrogen) atoms. The summed E-state index contributed by atoms with van der Waals surface area (Å²) in [5, 5.41) is 5.63. The molecular weight excluding hydrogens is 318 g/mol. The summed E-state index contributed by atoms with van der Waals surface area (Å²) in [4.78, 5) is 32.5. The van der Waals surface area contributed by atoms with Gasteiger partial charge in [0.1, 0.15) is 5.82 Å². The molecule has 3 rings (SSSR count). The first-order valence-electron chi connectivity index (χ1n) is 9.11. The Balaban J connectivity index is 1.44. The van der Waals surface area contributed by atoms with Crippen LogP contribution in [0.2, 0.25) is 0 Å². The maximum absolute atomic E-state index is 12.3. The van der Waals surface area contributed by atoms with E-state index in [1.54, 1.807) is 11.9 Å². The molecule has 2 aliphatic rings. The van der Waals surface area contributed by atoms with E-state index < -0.39 is 0 Å². The highest BCUT2D eigenvalue weighted by molar-refractivity contribution is 5.79. The minimum atomic E-state index is -0.0704. The van der Waals surface area contributed by atoms with E-state index in [1.807, 2.05) is 18.3 Å². The Morgan fingerprint density at radius 3 is 2.48 bits per heavy atom. The number of nitrogens with zero attached hydrogens (tertiary/aromatic N) is 3. The molecule has 0 unspecified atom stereocenters. The van der Waals surface area contributed by atoms with Crippen LogP contribution in [0.4, 0.5) is 10.6 Å². The van der Waals surface area contributed by atoms with E-state index in [9.17, 15) is 9.59 Å². The number of hydrogen-bond donors (Lipinski definition) is 2.